The summed E-state index contributed by atoms with van der Waals surface area (Å²) in [7, 11) is 0. The molecule has 0 atom stereocenters. The number of hydrogen-bond acceptors (Lipinski definition) is 6. The molecular formula is C15H25N3O4. The molecule has 1 aliphatic rings. The SMILES string of the molecule is CCC1(OCc2ncon2)CCN(C(=O)OC(C)(C)C)CC1. The lowest BCUT2D eigenvalue weighted by atomic mass is 9.88. The van der Waals surface area contributed by atoms with Gasteiger partial charge in [-0.05, 0) is 40.0 Å². The van der Waals surface area contributed by atoms with Gasteiger partial charge < -0.3 is 18.9 Å². The van der Waals surface area contributed by atoms with Crippen molar-refractivity contribution in [3.05, 3.63) is 12.2 Å². The Kier molecular flexibility index (Phi) is 5.05. The van der Waals surface area contributed by atoms with Crippen LogP contribution in [-0.4, -0.2) is 45.4 Å². The van der Waals surface area contributed by atoms with Crippen molar-refractivity contribution in [2.24, 2.45) is 0 Å². The zero-order valence-corrected chi connectivity index (χ0v) is 13.8. The van der Waals surface area contributed by atoms with E-state index in [1.54, 1.807) is 4.90 Å². The van der Waals surface area contributed by atoms with E-state index in [1.807, 2.05) is 20.8 Å². The van der Waals surface area contributed by atoms with E-state index in [0.717, 1.165) is 19.3 Å². The first-order valence-corrected chi connectivity index (χ1v) is 7.71. The minimum Gasteiger partial charge on any atom is -0.444 e. The minimum atomic E-state index is -0.467. The summed E-state index contributed by atoms with van der Waals surface area (Å²) in [5.74, 6) is 0.544. The number of rotatable bonds is 4. The third kappa shape index (κ3) is 4.43. The van der Waals surface area contributed by atoms with Crippen molar-refractivity contribution in [2.45, 2.75) is 64.8 Å². The Bertz CT molecular complexity index is 473. The minimum absolute atomic E-state index is 0.237. The maximum absolute atomic E-state index is 12.1. The maximum atomic E-state index is 12.1. The molecule has 0 aromatic carbocycles. The number of hydrogen-bond donors (Lipinski definition) is 0. The first-order chi connectivity index (χ1) is 10.3. The molecule has 124 valence electrons. The number of carbonyl (C=O) groups excluding carboxylic acids is 1. The van der Waals surface area contributed by atoms with Crippen molar-refractivity contribution < 1.29 is 18.8 Å². The number of carbonyl (C=O) groups is 1. The molecule has 1 amide bonds. The van der Waals surface area contributed by atoms with Crippen LogP contribution in [0, 0.1) is 0 Å². The molecule has 0 spiro atoms. The van der Waals surface area contributed by atoms with E-state index in [4.69, 9.17) is 14.0 Å². The van der Waals surface area contributed by atoms with Gasteiger partial charge in [0.25, 0.3) is 0 Å². The summed E-state index contributed by atoms with van der Waals surface area (Å²) in [4.78, 5) is 17.8. The molecule has 0 bridgehead atoms. The topological polar surface area (TPSA) is 77.7 Å². The highest BCUT2D eigenvalue weighted by Gasteiger charge is 2.36. The zero-order valence-electron chi connectivity index (χ0n) is 13.8. The molecule has 1 fully saturated rings. The average Bonchev–Trinajstić information content (AvgIpc) is 2.97. The smallest absolute Gasteiger partial charge is 0.410 e. The number of aromatic nitrogens is 2. The van der Waals surface area contributed by atoms with Gasteiger partial charge in [0.2, 0.25) is 6.39 Å². The monoisotopic (exact) mass is 311 g/mol. The van der Waals surface area contributed by atoms with Crippen molar-refractivity contribution in [3.63, 3.8) is 0 Å². The van der Waals surface area contributed by atoms with Gasteiger partial charge in [-0.15, -0.1) is 0 Å². The Hall–Kier alpha value is -1.63. The van der Waals surface area contributed by atoms with E-state index in [9.17, 15) is 4.79 Å². The van der Waals surface area contributed by atoms with Crippen molar-refractivity contribution in [1.82, 2.24) is 15.0 Å². The van der Waals surface area contributed by atoms with Crippen LogP contribution in [0.1, 0.15) is 52.8 Å². The summed E-state index contributed by atoms with van der Waals surface area (Å²) < 4.78 is 16.1. The Labute approximate surface area is 131 Å². The molecule has 0 unspecified atom stereocenters. The van der Waals surface area contributed by atoms with Crippen LogP contribution in [0.15, 0.2) is 10.9 Å². The van der Waals surface area contributed by atoms with Gasteiger partial charge in [-0.1, -0.05) is 12.1 Å². The number of amides is 1. The third-order valence-electron chi connectivity index (χ3n) is 3.89. The molecular weight excluding hydrogens is 286 g/mol. The molecule has 22 heavy (non-hydrogen) atoms. The first-order valence-electron chi connectivity index (χ1n) is 7.71. The maximum Gasteiger partial charge on any atom is 0.410 e. The van der Waals surface area contributed by atoms with Gasteiger partial charge in [0.1, 0.15) is 12.2 Å². The largest absolute Gasteiger partial charge is 0.444 e. The number of nitrogens with zero attached hydrogens (tertiary/aromatic N) is 3. The van der Waals surface area contributed by atoms with Crippen LogP contribution in [0.5, 0.6) is 0 Å². The molecule has 7 heteroatoms. The second-order valence-electron chi connectivity index (χ2n) is 6.64. The van der Waals surface area contributed by atoms with E-state index < -0.39 is 5.60 Å². The van der Waals surface area contributed by atoms with Crippen LogP contribution in [-0.2, 0) is 16.1 Å². The summed E-state index contributed by atoms with van der Waals surface area (Å²) in [6.07, 6.45) is 3.48. The van der Waals surface area contributed by atoms with Crippen molar-refractivity contribution in [1.29, 1.82) is 0 Å². The van der Waals surface area contributed by atoms with Crippen molar-refractivity contribution in [2.75, 3.05) is 13.1 Å². The lowest BCUT2D eigenvalue weighted by Crippen LogP contribution is -2.49. The van der Waals surface area contributed by atoms with E-state index in [1.165, 1.54) is 6.39 Å². The van der Waals surface area contributed by atoms with E-state index in [2.05, 4.69) is 17.1 Å². The Morgan fingerprint density at radius 1 is 1.41 bits per heavy atom. The van der Waals surface area contributed by atoms with Gasteiger partial charge in [-0.25, -0.2) is 4.79 Å². The fourth-order valence-corrected chi connectivity index (χ4v) is 2.50. The summed E-state index contributed by atoms with van der Waals surface area (Å²) in [6, 6.07) is 0. The third-order valence-corrected chi connectivity index (χ3v) is 3.89. The second kappa shape index (κ2) is 6.64. The van der Waals surface area contributed by atoms with Crippen LogP contribution in [0.4, 0.5) is 4.79 Å². The predicted octanol–water partition coefficient (Wildman–Crippen LogP) is 2.77. The van der Waals surface area contributed by atoms with Gasteiger partial charge in [0, 0.05) is 13.1 Å². The molecule has 2 heterocycles. The second-order valence-corrected chi connectivity index (χ2v) is 6.64. The molecule has 1 aromatic heterocycles. The van der Waals surface area contributed by atoms with Gasteiger partial charge in [-0.2, -0.15) is 4.98 Å². The fraction of sp³-hybridized carbons (Fsp3) is 0.800. The van der Waals surface area contributed by atoms with Gasteiger partial charge in [0.05, 0.1) is 5.60 Å². The lowest BCUT2D eigenvalue weighted by molar-refractivity contribution is -0.0976. The molecule has 0 radical (unpaired) electrons. The molecule has 1 aliphatic heterocycles. The summed E-state index contributed by atoms with van der Waals surface area (Å²) in [6.45, 7) is 9.32. The molecule has 0 aliphatic carbocycles. The van der Waals surface area contributed by atoms with Gasteiger partial charge >= 0.3 is 6.09 Å². The van der Waals surface area contributed by atoms with Crippen LogP contribution in [0.3, 0.4) is 0 Å². The highest BCUT2D eigenvalue weighted by molar-refractivity contribution is 5.68. The molecule has 0 N–H and O–H groups in total. The summed E-state index contributed by atoms with van der Waals surface area (Å²) in [5, 5.41) is 3.75. The zero-order chi connectivity index (χ0) is 16.2. The van der Waals surface area contributed by atoms with Crippen molar-refractivity contribution in [3.8, 4) is 0 Å². The predicted molar refractivity (Wildman–Crippen MR) is 79.2 cm³/mol. The Morgan fingerprint density at radius 3 is 2.59 bits per heavy atom. The Balaban J connectivity index is 1.86. The summed E-state index contributed by atoms with van der Waals surface area (Å²) >= 11 is 0. The molecule has 7 nitrogen and oxygen atoms in total. The van der Waals surface area contributed by atoms with E-state index >= 15 is 0 Å². The fourth-order valence-electron chi connectivity index (χ4n) is 2.50. The Morgan fingerprint density at radius 2 is 2.09 bits per heavy atom. The highest BCUT2D eigenvalue weighted by Crippen LogP contribution is 2.31. The first kappa shape index (κ1) is 16.7. The molecule has 1 saturated heterocycles. The van der Waals surface area contributed by atoms with Gasteiger partial charge in [0.15, 0.2) is 5.82 Å². The number of ether oxygens (including phenoxy) is 2. The summed E-state index contributed by atoms with van der Waals surface area (Å²) in [5.41, 5.74) is -0.704. The van der Waals surface area contributed by atoms with E-state index in [0.29, 0.717) is 25.5 Å². The number of piperidine rings is 1. The normalized spacial score (nSPS) is 18.3. The van der Waals surface area contributed by atoms with Crippen LogP contribution in [0.25, 0.3) is 0 Å². The van der Waals surface area contributed by atoms with Crippen LogP contribution in [0.2, 0.25) is 0 Å². The quantitative estimate of drug-likeness (QED) is 0.851. The van der Waals surface area contributed by atoms with Crippen molar-refractivity contribution >= 4 is 6.09 Å². The lowest BCUT2D eigenvalue weighted by Gasteiger charge is -2.41. The van der Waals surface area contributed by atoms with Gasteiger partial charge in [-0.3, -0.25) is 0 Å². The standard InChI is InChI=1S/C15H25N3O4/c1-5-15(20-10-12-16-11-21-17-12)6-8-18(9-7-15)13(19)22-14(2,3)4/h11H,5-10H2,1-4H3. The molecule has 2 rings (SSSR count). The van der Waals surface area contributed by atoms with Crippen LogP contribution >= 0.6 is 0 Å². The molecule has 0 saturated carbocycles. The van der Waals surface area contributed by atoms with E-state index in [-0.39, 0.29) is 11.7 Å². The number of likely N-dealkylation sites (tertiary alicyclic amines) is 1. The highest BCUT2D eigenvalue weighted by atomic mass is 16.6. The molecule has 1 aromatic rings. The average molecular weight is 311 g/mol. The van der Waals surface area contributed by atoms with Crippen LogP contribution < -0.4 is 0 Å².